The van der Waals surface area contributed by atoms with Gasteiger partial charge < -0.3 is 9.72 Å². The molecule has 2 heterocycles. The molecule has 0 aliphatic heterocycles. The maximum Gasteiger partial charge on any atom is 0.137 e. The third-order valence-electron chi connectivity index (χ3n) is 2.27. The molecule has 2 aromatic rings. The van der Waals surface area contributed by atoms with Crippen molar-refractivity contribution in [1.29, 1.82) is 0 Å². The molecular weight excluding hydrogens is 186 g/mol. The summed E-state index contributed by atoms with van der Waals surface area (Å²) in [5.74, 6) is 0.682. The van der Waals surface area contributed by atoms with E-state index in [1.165, 1.54) is 0 Å². The van der Waals surface area contributed by atoms with Gasteiger partial charge in [-0.3, -0.25) is 0 Å². The lowest BCUT2D eigenvalue weighted by Crippen LogP contribution is -2.19. The average Bonchev–Trinajstić information content (AvgIpc) is 2.59. The first-order valence-corrected chi connectivity index (χ1v) is 5.39. The Kier molecular flexibility index (Phi) is 3.02. The van der Waals surface area contributed by atoms with Crippen molar-refractivity contribution in [3.05, 3.63) is 36.3 Å². The minimum Gasteiger partial charge on any atom is -0.311 e. The highest BCUT2D eigenvalue weighted by molar-refractivity contribution is 5.39. The van der Waals surface area contributed by atoms with E-state index < -0.39 is 0 Å². The number of pyridine rings is 1. The first kappa shape index (κ1) is 10.2. The second-order valence-corrected chi connectivity index (χ2v) is 4.22. The molecule has 0 saturated heterocycles. The maximum atomic E-state index is 4.51. The molecule has 2 aromatic heterocycles. The SMILES string of the molecule is CC(C)CNCc1cn2ccccc2n1. The first-order chi connectivity index (χ1) is 7.25. The number of hydrogen-bond acceptors (Lipinski definition) is 2. The molecule has 3 heteroatoms. The number of fused-ring (bicyclic) bond motifs is 1. The fourth-order valence-corrected chi connectivity index (χ4v) is 1.56. The Morgan fingerprint density at radius 3 is 3.00 bits per heavy atom. The van der Waals surface area contributed by atoms with Crippen molar-refractivity contribution in [2.24, 2.45) is 5.92 Å². The van der Waals surface area contributed by atoms with Gasteiger partial charge >= 0.3 is 0 Å². The summed E-state index contributed by atoms with van der Waals surface area (Å²) in [7, 11) is 0. The smallest absolute Gasteiger partial charge is 0.137 e. The fourth-order valence-electron chi connectivity index (χ4n) is 1.56. The Hall–Kier alpha value is -1.35. The highest BCUT2D eigenvalue weighted by Gasteiger charge is 2.00. The molecule has 0 saturated carbocycles. The zero-order chi connectivity index (χ0) is 10.7. The minimum absolute atomic E-state index is 0.682. The molecule has 0 aliphatic rings. The third kappa shape index (κ3) is 2.57. The van der Waals surface area contributed by atoms with E-state index in [4.69, 9.17) is 0 Å². The average molecular weight is 203 g/mol. The number of imidazole rings is 1. The molecule has 0 aromatic carbocycles. The third-order valence-corrected chi connectivity index (χ3v) is 2.27. The van der Waals surface area contributed by atoms with Crippen LogP contribution in [0, 0.1) is 5.92 Å². The lowest BCUT2D eigenvalue weighted by molar-refractivity contribution is 0.549. The van der Waals surface area contributed by atoms with Gasteiger partial charge in [0.1, 0.15) is 5.65 Å². The van der Waals surface area contributed by atoms with Crippen LogP contribution in [0.1, 0.15) is 19.5 Å². The van der Waals surface area contributed by atoms with Gasteiger partial charge in [-0.1, -0.05) is 19.9 Å². The Morgan fingerprint density at radius 1 is 1.40 bits per heavy atom. The van der Waals surface area contributed by atoms with E-state index in [1.807, 2.05) is 28.8 Å². The summed E-state index contributed by atoms with van der Waals surface area (Å²) in [5, 5.41) is 3.39. The van der Waals surface area contributed by atoms with Gasteiger partial charge in [0.2, 0.25) is 0 Å². The predicted molar refractivity (Wildman–Crippen MR) is 61.7 cm³/mol. The van der Waals surface area contributed by atoms with Gasteiger partial charge in [0.15, 0.2) is 0 Å². The van der Waals surface area contributed by atoms with Crippen molar-refractivity contribution < 1.29 is 0 Å². The van der Waals surface area contributed by atoms with Crippen LogP contribution in [0.3, 0.4) is 0 Å². The Labute approximate surface area is 90.1 Å². The molecule has 0 unspecified atom stereocenters. The zero-order valence-corrected chi connectivity index (χ0v) is 9.27. The minimum atomic E-state index is 0.682. The molecule has 0 amide bonds. The lowest BCUT2D eigenvalue weighted by Gasteiger charge is -2.04. The molecule has 2 rings (SSSR count). The summed E-state index contributed by atoms with van der Waals surface area (Å²) in [5.41, 5.74) is 2.11. The molecular formula is C12H17N3. The van der Waals surface area contributed by atoms with Crippen molar-refractivity contribution in [2.75, 3.05) is 6.54 Å². The second-order valence-electron chi connectivity index (χ2n) is 4.22. The van der Waals surface area contributed by atoms with Gasteiger partial charge in [0.25, 0.3) is 0 Å². The van der Waals surface area contributed by atoms with Crippen LogP contribution in [0.25, 0.3) is 5.65 Å². The van der Waals surface area contributed by atoms with Crippen LogP contribution in [-0.2, 0) is 6.54 Å². The Balaban J connectivity index is 2.03. The van der Waals surface area contributed by atoms with E-state index in [2.05, 4.69) is 30.3 Å². The Morgan fingerprint density at radius 2 is 2.27 bits per heavy atom. The van der Waals surface area contributed by atoms with Gasteiger partial charge in [-0.05, 0) is 24.6 Å². The van der Waals surface area contributed by atoms with Crippen LogP contribution in [0.5, 0.6) is 0 Å². The summed E-state index contributed by atoms with van der Waals surface area (Å²) < 4.78 is 2.05. The topological polar surface area (TPSA) is 29.3 Å². The van der Waals surface area contributed by atoms with E-state index in [1.54, 1.807) is 0 Å². The van der Waals surface area contributed by atoms with E-state index in [0.29, 0.717) is 5.92 Å². The standard InChI is InChI=1S/C12H17N3/c1-10(2)7-13-8-11-9-15-6-4-3-5-12(15)14-11/h3-6,9-10,13H,7-8H2,1-2H3. The molecule has 0 radical (unpaired) electrons. The number of nitrogens with one attached hydrogen (secondary N) is 1. The fraction of sp³-hybridized carbons (Fsp3) is 0.417. The largest absolute Gasteiger partial charge is 0.311 e. The van der Waals surface area contributed by atoms with Crippen molar-refractivity contribution in [1.82, 2.24) is 14.7 Å². The number of nitrogens with zero attached hydrogens (tertiary/aromatic N) is 2. The van der Waals surface area contributed by atoms with Crippen LogP contribution in [0.2, 0.25) is 0 Å². The molecule has 1 N–H and O–H groups in total. The van der Waals surface area contributed by atoms with Gasteiger partial charge in [-0.15, -0.1) is 0 Å². The maximum absolute atomic E-state index is 4.51. The van der Waals surface area contributed by atoms with Crippen molar-refractivity contribution in [2.45, 2.75) is 20.4 Å². The highest BCUT2D eigenvalue weighted by atomic mass is 15.0. The van der Waals surface area contributed by atoms with Crippen LogP contribution in [0.15, 0.2) is 30.6 Å². The van der Waals surface area contributed by atoms with Crippen molar-refractivity contribution in [3.63, 3.8) is 0 Å². The molecule has 0 fully saturated rings. The van der Waals surface area contributed by atoms with E-state index in [-0.39, 0.29) is 0 Å². The van der Waals surface area contributed by atoms with Gasteiger partial charge in [0.05, 0.1) is 5.69 Å². The van der Waals surface area contributed by atoms with E-state index >= 15 is 0 Å². The Bertz CT molecular complexity index is 398. The normalized spacial score (nSPS) is 11.4. The molecule has 3 nitrogen and oxygen atoms in total. The van der Waals surface area contributed by atoms with Gasteiger partial charge in [-0.25, -0.2) is 4.98 Å². The summed E-state index contributed by atoms with van der Waals surface area (Å²) in [6.45, 7) is 6.29. The summed E-state index contributed by atoms with van der Waals surface area (Å²) in [6, 6.07) is 6.04. The molecule has 0 atom stereocenters. The zero-order valence-electron chi connectivity index (χ0n) is 9.27. The van der Waals surface area contributed by atoms with Gasteiger partial charge in [-0.2, -0.15) is 0 Å². The summed E-state index contributed by atoms with van der Waals surface area (Å²) in [4.78, 5) is 4.51. The quantitative estimate of drug-likeness (QED) is 0.824. The van der Waals surface area contributed by atoms with E-state index in [9.17, 15) is 0 Å². The summed E-state index contributed by atoms with van der Waals surface area (Å²) in [6.07, 6.45) is 4.09. The van der Waals surface area contributed by atoms with Crippen LogP contribution < -0.4 is 5.32 Å². The van der Waals surface area contributed by atoms with E-state index in [0.717, 1.165) is 24.4 Å². The second kappa shape index (κ2) is 4.45. The molecule has 0 aliphatic carbocycles. The monoisotopic (exact) mass is 203 g/mol. The van der Waals surface area contributed by atoms with Crippen LogP contribution in [0.4, 0.5) is 0 Å². The molecule has 80 valence electrons. The number of hydrogen-bond donors (Lipinski definition) is 1. The lowest BCUT2D eigenvalue weighted by atomic mass is 10.2. The summed E-state index contributed by atoms with van der Waals surface area (Å²) >= 11 is 0. The highest BCUT2D eigenvalue weighted by Crippen LogP contribution is 2.04. The van der Waals surface area contributed by atoms with Crippen molar-refractivity contribution in [3.8, 4) is 0 Å². The van der Waals surface area contributed by atoms with Crippen molar-refractivity contribution >= 4 is 5.65 Å². The van der Waals surface area contributed by atoms with Crippen LogP contribution >= 0.6 is 0 Å². The molecule has 15 heavy (non-hydrogen) atoms. The number of aromatic nitrogens is 2. The number of rotatable bonds is 4. The van der Waals surface area contributed by atoms with Crippen LogP contribution in [-0.4, -0.2) is 15.9 Å². The molecule has 0 bridgehead atoms. The molecule has 0 spiro atoms. The first-order valence-electron chi connectivity index (χ1n) is 5.39. The van der Waals surface area contributed by atoms with Gasteiger partial charge in [0, 0.05) is 18.9 Å². The predicted octanol–water partition coefficient (Wildman–Crippen LogP) is 2.08.